The zero-order valence-electron chi connectivity index (χ0n) is 35.2. The molecular weight excluding hydrogens is 820 g/mol. The lowest BCUT2D eigenvalue weighted by Gasteiger charge is -2.43. The van der Waals surface area contributed by atoms with Gasteiger partial charge in [-0.05, 0) is 47.8 Å². The van der Waals surface area contributed by atoms with Gasteiger partial charge in [0.25, 0.3) is 0 Å². The Balaban J connectivity index is 1.50. The van der Waals surface area contributed by atoms with Crippen molar-refractivity contribution < 1.29 is 81.2 Å². The van der Waals surface area contributed by atoms with Crippen LogP contribution in [0.5, 0.6) is 11.5 Å². The third kappa shape index (κ3) is 14.6. The Morgan fingerprint density at radius 1 is 0.790 bits per heavy atom. The molecule has 5 atom stereocenters. The first-order valence-electron chi connectivity index (χ1n) is 19.7. The minimum absolute atomic E-state index is 0.0515. The predicted octanol–water partition coefficient (Wildman–Crippen LogP) is 3.71. The molecule has 0 bridgehead atoms. The van der Waals surface area contributed by atoms with E-state index in [0.717, 1.165) is 20.8 Å². The highest BCUT2D eigenvalue weighted by atomic mass is 16.7. The van der Waals surface area contributed by atoms with Crippen molar-refractivity contribution >= 4 is 40.7 Å². The lowest BCUT2D eigenvalue weighted by Crippen LogP contribution is -2.63. The molecule has 0 saturated carbocycles. The van der Waals surface area contributed by atoms with Crippen LogP contribution in [0, 0.1) is 0 Å². The van der Waals surface area contributed by atoms with Gasteiger partial charge in [-0.1, -0.05) is 23.3 Å². The lowest BCUT2D eigenvalue weighted by atomic mass is 9.98. The van der Waals surface area contributed by atoms with Crippen LogP contribution in [0.4, 0.5) is 0 Å². The Kier molecular flexibility index (Phi) is 19.7. The number of rotatable bonds is 25. The molecule has 1 aromatic heterocycles. The highest BCUT2D eigenvalue weighted by molar-refractivity contribution is 5.99. The summed E-state index contributed by atoms with van der Waals surface area (Å²) < 4.78 is 63.7. The van der Waals surface area contributed by atoms with Crippen molar-refractivity contribution in [3.63, 3.8) is 0 Å². The second kappa shape index (κ2) is 25.1. The summed E-state index contributed by atoms with van der Waals surface area (Å²) in [6.07, 6.45) is -6.75. The molecule has 0 unspecified atom stereocenters. The Labute approximate surface area is 356 Å². The van der Waals surface area contributed by atoms with Gasteiger partial charge in [0.05, 0.1) is 58.4 Å². The van der Waals surface area contributed by atoms with Crippen molar-refractivity contribution in [3.05, 3.63) is 69.7 Å². The van der Waals surface area contributed by atoms with E-state index in [0.29, 0.717) is 54.2 Å². The molecule has 1 aliphatic heterocycles. The molecule has 338 valence electrons. The van der Waals surface area contributed by atoms with Crippen LogP contribution in [0.25, 0.3) is 21.3 Å². The van der Waals surface area contributed by atoms with Gasteiger partial charge in [-0.25, -0.2) is 4.79 Å². The number of aliphatic hydroxyl groups excluding tert-OH is 1. The molecule has 0 spiro atoms. The number of aliphatic hydroxyl groups is 1. The third-order valence-corrected chi connectivity index (χ3v) is 8.89. The van der Waals surface area contributed by atoms with Crippen molar-refractivity contribution in [3.8, 4) is 11.5 Å². The van der Waals surface area contributed by atoms with Gasteiger partial charge in [-0.2, -0.15) is 0 Å². The highest BCUT2D eigenvalue weighted by Crippen LogP contribution is 2.34. The van der Waals surface area contributed by atoms with Crippen LogP contribution in [0.2, 0.25) is 0 Å². The summed E-state index contributed by atoms with van der Waals surface area (Å²) in [5.74, 6) is -2.87. The number of esters is 5. The molecule has 62 heavy (non-hydrogen) atoms. The van der Waals surface area contributed by atoms with E-state index < -0.39 is 67.2 Å². The van der Waals surface area contributed by atoms with E-state index in [2.05, 4.69) is 10.0 Å². The number of aromatic nitrogens is 1. The number of ether oxygens (including phenoxy) is 11. The molecule has 2 aromatic carbocycles. The number of nitrogens with zero attached hydrogens (tertiary/aromatic N) is 4. The Bertz CT molecular complexity index is 2020. The number of azide groups is 1. The number of carbonyl (C=O) groups excluding carboxylic acids is 5. The molecule has 21 heteroatoms. The normalized spacial score (nSPS) is 18.3. The maximum Gasteiger partial charge on any atom is 0.354 e. The number of benzene rings is 2. The summed E-state index contributed by atoms with van der Waals surface area (Å²) in [4.78, 5) is 64.0. The Morgan fingerprint density at radius 2 is 1.42 bits per heavy atom. The molecule has 3 aromatic rings. The average molecular weight is 873 g/mol. The molecule has 4 rings (SSSR count). The van der Waals surface area contributed by atoms with Gasteiger partial charge in [-0.15, -0.1) is 0 Å². The van der Waals surface area contributed by atoms with Crippen molar-refractivity contribution in [2.45, 2.75) is 85.1 Å². The first-order chi connectivity index (χ1) is 29.9. The molecule has 1 aliphatic rings. The topological polar surface area (TPSA) is 261 Å². The van der Waals surface area contributed by atoms with Crippen LogP contribution in [-0.2, 0) is 81.6 Å². The molecule has 1 fully saturated rings. The summed E-state index contributed by atoms with van der Waals surface area (Å²) >= 11 is 0. The van der Waals surface area contributed by atoms with Crippen LogP contribution < -0.4 is 9.47 Å². The van der Waals surface area contributed by atoms with Crippen LogP contribution in [0.1, 0.15) is 56.2 Å². The minimum Gasteiger partial charge on any atom is -0.487 e. The fourth-order valence-electron chi connectivity index (χ4n) is 6.36. The summed E-state index contributed by atoms with van der Waals surface area (Å²) in [7, 11) is 0. The second-order valence-corrected chi connectivity index (χ2v) is 13.5. The summed E-state index contributed by atoms with van der Waals surface area (Å²) in [6.45, 7) is 7.95. The zero-order chi connectivity index (χ0) is 45.0. The second-order valence-electron chi connectivity index (χ2n) is 13.5. The Hall–Kier alpha value is -5.96. The molecule has 0 radical (unpaired) electrons. The fraction of sp³-hybridized carbons (Fsp3) is 0.537. The van der Waals surface area contributed by atoms with E-state index in [4.69, 9.17) is 57.6 Å². The van der Waals surface area contributed by atoms with Crippen LogP contribution in [-0.4, -0.2) is 130 Å². The Morgan fingerprint density at radius 3 is 2.03 bits per heavy atom. The van der Waals surface area contributed by atoms with Gasteiger partial charge in [-0.3, -0.25) is 19.2 Å². The maximum atomic E-state index is 13.1. The first-order valence-corrected chi connectivity index (χ1v) is 19.7. The van der Waals surface area contributed by atoms with Crippen LogP contribution in [0.15, 0.2) is 47.6 Å². The van der Waals surface area contributed by atoms with Crippen molar-refractivity contribution in [2.75, 3.05) is 59.4 Å². The first kappa shape index (κ1) is 48.7. The van der Waals surface area contributed by atoms with E-state index >= 15 is 0 Å². The van der Waals surface area contributed by atoms with Gasteiger partial charge in [0.2, 0.25) is 12.4 Å². The largest absolute Gasteiger partial charge is 0.487 e. The molecule has 1 N–H and O–H groups in total. The number of fused-ring (bicyclic) bond motifs is 1. The lowest BCUT2D eigenvalue weighted by molar-refractivity contribution is -0.288. The standard InChI is InChI=1S/C41H52N4O17/c1-6-55-40(51)33-21-32-30(22-46)9-12-34(36(32)45(33)14-16-53-18-20-54-19-17-52-15-13-43-44-42)57-23-29-7-10-31(11-8-29)61-41-39(60-28(5)50)38(59-27(4)49)37(58-26(3)48)35(62-41)24-56-25(2)47/h7-12,21,35,37-39,41,46H,6,13-20,22-24H2,1-5H3/t35-,37+,38+,39-,41-/m1/s1. The molecule has 0 aliphatic carbocycles. The van der Waals surface area contributed by atoms with Crippen LogP contribution in [0.3, 0.4) is 0 Å². The summed E-state index contributed by atoms with van der Waals surface area (Å²) in [5, 5.41) is 14.2. The van der Waals surface area contributed by atoms with E-state index in [1.165, 1.54) is 6.92 Å². The van der Waals surface area contributed by atoms with Crippen molar-refractivity contribution in [1.29, 1.82) is 0 Å². The predicted molar refractivity (Wildman–Crippen MR) is 214 cm³/mol. The SMILES string of the molecule is CCOC(=O)c1cc2c(CO)ccc(OCc3ccc(O[C@@H]4O[C@H](COC(C)=O)[C@H](OC(C)=O)[C@H](OC(C)=O)[C@H]4OC(C)=O)cc3)c2n1CCOCCOCCOCCN=[N+]=[N-]. The minimum atomic E-state index is -1.42. The van der Waals surface area contributed by atoms with E-state index in [1.54, 1.807) is 54.0 Å². The number of hydrogen-bond donors (Lipinski definition) is 1. The van der Waals surface area contributed by atoms with Gasteiger partial charge in [0.1, 0.15) is 36.5 Å². The fourth-order valence-corrected chi connectivity index (χ4v) is 6.36. The van der Waals surface area contributed by atoms with Crippen molar-refractivity contribution in [1.82, 2.24) is 4.57 Å². The van der Waals surface area contributed by atoms with E-state index in [1.807, 2.05) is 0 Å². The maximum absolute atomic E-state index is 13.1. The summed E-state index contributed by atoms with van der Waals surface area (Å²) in [5.41, 5.74) is 10.3. The average Bonchev–Trinajstić information content (AvgIpc) is 3.62. The molecule has 2 heterocycles. The molecule has 1 saturated heterocycles. The van der Waals surface area contributed by atoms with E-state index in [9.17, 15) is 29.1 Å². The summed E-state index contributed by atoms with van der Waals surface area (Å²) in [6, 6.07) is 11.7. The quantitative estimate of drug-likeness (QED) is 0.0318. The van der Waals surface area contributed by atoms with E-state index in [-0.39, 0.29) is 57.6 Å². The van der Waals surface area contributed by atoms with Crippen LogP contribution >= 0.6 is 0 Å². The van der Waals surface area contributed by atoms with Gasteiger partial charge in [0.15, 0.2) is 12.2 Å². The zero-order valence-corrected chi connectivity index (χ0v) is 35.2. The van der Waals surface area contributed by atoms with Crippen molar-refractivity contribution in [2.24, 2.45) is 5.11 Å². The highest BCUT2D eigenvalue weighted by Gasteiger charge is 2.53. The third-order valence-electron chi connectivity index (χ3n) is 8.89. The number of carbonyl (C=O) groups is 5. The van der Waals surface area contributed by atoms with Gasteiger partial charge in [0, 0.05) is 51.1 Å². The molecule has 0 amide bonds. The van der Waals surface area contributed by atoms with Gasteiger partial charge >= 0.3 is 29.8 Å². The molecule has 21 nitrogen and oxygen atoms in total. The smallest absolute Gasteiger partial charge is 0.354 e. The molecular formula is C41H52N4O17. The number of hydrogen-bond acceptors (Lipinski definition) is 18. The monoisotopic (exact) mass is 872 g/mol. The van der Waals surface area contributed by atoms with Gasteiger partial charge < -0.3 is 61.8 Å².